The Labute approximate surface area is 96.6 Å². The lowest BCUT2D eigenvalue weighted by Crippen LogP contribution is -2.26. The molecule has 0 fully saturated rings. The maximum atomic E-state index is 11.3. The Bertz CT molecular complexity index is 503. The van der Waals surface area contributed by atoms with Crippen LogP contribution in [0.4, 0.5) is 0 Å². The number of aromatic amines is 2. The average Bonchev–Trinajstić information content (AvgIpc) is 2.26. The summed E-state index contributed by atoms with van der Waals surface area (Å²) in [5, 5.41) is 3.66. The predicted molar refractivity (Wildman–Crippen MR) is 66.1 cm³/mol. The summed E-state index contributed by atoms with van der Waals surface area (Å²) in [6, 6.07) is 0. The van der Waals surface area contributed by atoms with Crippen LogP contribution in [-0.2, 0) is 5.75 Å². The molecule has 0 spiro atoms. The van der Waals surface area contributed by atoms with Gasteiger partial charge in [0, 0.05) is 31.1 Å². The first-order chi connectivity index (χ1) is 7.58. The van der Waals surface area contributed by atoms with E-state index in [4.69, 9.17) is 0 Å². The average molecular weight is 242 g/mol. The van der Waals surface area contributed by atoms with Gasteiger partial charge in [-0.05, 0) is 6.92 Å². The molecule has 3 N–H and O–H groups in total. The summed E-state index contributed by atoms with van der Waals surface area (Å²) < 4.78 is 0. The molecule has 1 aromatic heterocycles. The van der Waals surface area contributed by atoms with E-state index >= 15 is 0 Å². The Morgan fingerprint density at radius 2 is 2.12 bits per heavy atom. The lowest BCUT2D eigenvalue weighted by atomic mass is 10.3. The number of hydrogen-bond donors (Lipinski definition) is 3. The van der Waals surface area contributed by atoms with Crippen molar-refractivity contribution in [2.24, 2.45) is 4.99 Å². The lowest BCUT2D eigenvalue weighted by Gasteiger charge is -2.05. The first kappa shape index (κ1) is 12.6. The molecule has 0 unspecified atom stereocenters. The molecule has 1 heterocycles. The summed E-state index contributed by atoms with van der Waals surface area (Å²) >= 11 is 1.42. The SMILES string of the molecule is CN=C(NC)SCc1[nH]c(=O)[nH]c(=O)c1C. The molecule has 0 radical (unpaired) electrons. The van der Waals surface area contributed by atoms with E-state index in [9.17, 15) is 9.59 Å². The number of aromatic nitrogens is 2. The molecule has 7 heteroatoms. The van der Waals surface area contributed by atoms with Crippen molar-refractivity contribution in [2.75, 3.05) is 14.1 Å². The highest BCUT2D eigenvalue weighted by Crippen LogP contribution is 2.10. The van der Waals surface area contributed by atoms with E-state index in [1.165, 1.54) is 11.8 Å². The molecule has 0 bridgehead atoms. The zero-order valence-corrected chi connectivity index (χ0v) is 10.2. The minimum Gasteiger partial charge on any atom is -0.368 e. The maximum Gasteiger partial charge on any atom is 0.325 e. The van der Waals surface area contributed by atoms with Gasteiger partial charge in [-0.25, -0.2) is 4.79 Å². The van der Waals surface area contributed by atoms with Gasteiger partial charge in [0.2, 0.25) is 0 Å². The number of hydrogen-bond acceptors (Lipinski definition) is 4. The van der Waals surface area contributed by atoms with Crippen molar-refractivity contribution in [3.8, 4) is 0 Å². The van der Waals surface area contributed by atoms with Gasteiger partial charge in [-0.2, -0.15) is 0 Å². The Hall–Kier alpha value is -1.50. The van der Waals surface area contributed by atoms with Crippen LogP contribution in [0.1, 0.15) is 11.3 Å². The largest absolute Gasteiger partial charge is 0.368 e. The van der Waals surface area contributed by atoms with Crippen molar-refractivity contribution in [3.63, 3.8) is 0 Å². The Morgan fingerprint density at radius 3 is 2.69 bits per heavy atom. The molecule has 0 saturated heterocycles. The molecule has 1 aromatic rings. The molecule has 0 aliphatic rings. The fraction of sp³-hybridized carbons (Fsp3) is 0.444. The number of H-pyrrole nitrogens is 2. The second-order valence-corrected chi connectivity index (χ2v) is 4.04. The van der Waals surface area contributed by atoms with Crippen LogP contribution in [-0.4, -0.2) is 29.2 Å². The maximum absolute atomic E-state index is 11.3. The molecular weight excluding hydrogens is 228 g/mol. The summed E-state index contributed by atoms with van der Waals surface area (Å²) in [7, 11) is 3.44. The summed E-state index contributed by atoms with van der Waals surface area (Å²) in [6.07, 6.45) is 0. The molecule has 0 aliphatic carbocycles. The van der Waals surface area contributed by atoms with Crippen LogP contribution in [0, 0.1) is 6.92 Å². The second-order valence-electron chi connectivity index (χ2n) is 3.08. The number of rotatable bonds is 2. The highest BCUT2D eigenvalue weighted by molar-refractivity contribution is 8.13. The summed E-state index contributed by atoms with van der Waals surface area (Å²) in [5.74, 6) is 0.499. The third-order valence-corrected chi connectivity index (χ3v) is 3.15. The third-order valence-electron chi connectivity index (χ3n) is 2.05. The van der Waals surface area contributed by atoms with E-state index in [0.29, 0.717) is 17.0 Å². The zero-order chi connectivity index (χ0) is 12.1. The Morgan fingerprint density at radius 1 is 1.44 bits per heavy atom. The van der Waals surface area contributed by atoms with Gasteiger partial charge in [0.25, 0.3) is 5.56 Å². The first-order valence-electron chi connectivity index (χ1n) is 4.68. The van der Waals surface area contributed by atoms with E-state index in [-0.39, 0.29) is 5.56 Å². The topological polar surface area (TPSA) is 90.1 Å². The van der Waals surface area contributed by atoms with E-state index in [1.54, 1.807) is 21.0 Å². The van der Waals surface area contributed by atoms with E-state index < -0.39 is 5.69 Å². The van der Waals surface area contributed by atoms with Crippen LogP contribution < -0.4 is 16.6 Å². The molecule has 1 rings (SSSR count). The molecule has 0 aromatic carbocycles. The molecule has 0 saturated carbocycles. The third kappa shape index (κ3) is 2.99. The summed E-state index contributed by atoms with van der Waals surface area (Å²) in [5.41, 5.74) is 0.318. The second kappa shape index (κ2) is 5.55. The minimum atomic E-state index is -0.481. The van der Waals surface area contributed by atoms with Gasteiger partial charge in [-0.1, -0.05) is 11.8 Å². The molecule has 6 nitrogen and oxygen atoms in total. The number of amidine groups is 1. The number of nitrogens with zero attached hydrogens (tertiary/aromatic N) is 1. The van der Waals surface area contributed by atoms with Crippen molar-refractivity contribution in [1.29, 1.82) is 0 Å². The highest BCUT2D eigenvalue weighted by Gasteiger charge is 2.06. The van der Waals surface area contributed by atoms with Gasteiger partial charge in [0.05, 0.1) is 0 Å². The van der Waals surface area contributed by atoms with Crippen LogP contribution in [0.3, 0.4) is 0 Å². The van der Waals surface area contributed by atoms with Gasteiger partial charge < -0.3 is 10.3 Å². The molecule has 0 amide bonds. The Balaban J connectivity index is 2.90. The monoisotopic (exact) mass is 242 g/mol. The predicted octanol–water partition coefficient (Wildman–Crippen LogP) is -0.190. The van der Waals surface area contributed by atoms with Crippen LogP contribution in [0.2, 0.25) is 0 Å². The van der Waals surface area contributed by atoms with Gasteiger partial charge in [-0.3, -0.25) is 14.8 Å². The number of nitrogens with one attached hydrogen (secondary N) is 3. The van der Waals surface area contributed by atoms with Crippen molar-refractivity contribution < 1.29 is 0 Å². The van der Waals surface area contributed by atoms with Gasteiger partial charge in [0.1, 0.15) is 0 Å². The van der Waals surface area contributed by atoms with E-state index in [0.717, 1.165) is 5.17 Å². The van der Waals surface area contributed by atoms with Crippen molar-refractivity contribution >= 4 is 16.9 Å². The molecule has 88 valence electrons. The van der Waals surface area contributed by atoms with E-state index in [2.05, 4.69) is 20.3 Å². The summed E-state index contributed by atoms with van der Waals surface area (Å²) in [6.45, 7) is 1.67. The van der Waals surface area contributed by atoms with Crippen molar-refractivity contribution in [1.82, 2.24) is 15.3 Å². The quantitative estimate of drug-likeness (QED) is 0.495. The van der Waals surface area contributed by atoms with Crippen molar-refractivity contribution in [2.45, 2.75) is 12.7 Å². The van der Waals surface area contributed by atoms with Crippen LogP contribution in [0.5, 0.6) is 0 Å². The van der Waals surface area contributed by atoms with Gasteiger partial charge >= 0.3 is 5.69 Å². The Kier molecular flexibility index (Phi) is 4.36. The minimum absolute atomic E-state index is 0.348. The lowest BCUT2D eigenvalue weighted by molar-refractivity contribution is 0.956. The summed E-state index contributed by atoms with van der Waals surface area (Å²) in [4.78, 5) is 31.2. The van der Waals surface area contributed by atoms with Gasteiger partial charge in [-0.15, -0.1) is 0 Å². The van der Waals surface area contributed by atoms with Crippen LogP contribution >= 0.6 is 11.8 Å². The van der Waals surface area contributed by atoms with Gasteiger partial charge in [0.15, 0.2) is 5.17 Å². The number of thioether (sulfide) groups is 1. The molecule has 0 atom stereocenters. The molecular formula is C9H14N4O2S. The first-order valence-corrected chi connectivity index (χ1v) is 5.66. The van der Waals surface area contributed by atoms with Crippen LogP contribution in [0.25, 0.3) is 0 Å². The smallest absolute Gasteiger partial charge is 0.325 e. The normalized spacial score (nSPS) is 11.6. The fourth-order valence-corrected chi connectivity index (χ4v) is 1.97. The zero-order valence-electron chi connectivity index (χ0n) is 9.38. The molecule has 0 aliphatic heterocycles. The van der Waals surface area contributed by atoms with Crippen LogP contribution in [0.15, 0.2) is 14.6 Å². The van der Waals surface area contributed by atoms with Crippen molar-refractivity contribution in [3.05, 3.63) is 32.1 Å². The standard InChI is InChI=1S/C9H14N4O2S/c1-5-6(4-16-9(10-2)11-3)12-8(15)13-7(5)14/h4H2,1-3H3,(H,10,11)(H2,12,13,14,15). The number of aliphatic imine (C=N–C) groups is 1. The fourth-order valence-electron chi connectivity index (χ4n) is 1.13. The highest BCUT2D eigenvalue weighted by atomic mass is 32.2. The molecule has 16 heavy (non-hydrogen) atoms. The van der Waals surface area contributed by atoms with E-state index in [1.807, 2.05) is 0 Å².